The highest BCUT2D eigenvalue weighted by Crippen LogP contribution is 2.30. The third-order valence-electron chi connectivity index (χ3n) is 5.37. The van der Waals surface area contributed by atoms with Crippen LogP contribution in [0.5, 0.6) is 0 Å². The second kappa shape index (κ2) is 8.35. The van der Waals surface area contributed by atoms with Crippen LogP contribution in [0.4, 0.5) is 14.9 Å². The number of oxime groups is 1. The number of rotatable bonds is 6. The van der Waals surface area contributed by atoms with Crippen molar-refractivity contribution in [2.24, 2.45) is 5.16 Å². The number of anilines is 1. The number of carbonyl (C=O) groups is 1. The van der Waals surface area contributed by atoms with E-state index < -0.39 is 11.9 Å². The van der Waals surface area contributed by atoms with E-state index in [0.717, 1.165) is 0 Å². The fourth-order valence-electron chi connectivity index (χ4n) is 3.75. The first kappa shape index (κ1) is 20.1. The molecular weight excluding hydrogens is 419 g/mol. The minimum Gasteiger partial charge on any atom is -0.447 e. The number of carbonyl (C=O) groups excluding carboxylic acids is 1. The van der Waals surface area contributed by atoms with Gasteiger partial charge in [-0.2, -0.15) is 0 Å². The predicted octanol–water partition coefficient (Wildman–Crippen LogP) is 1.99. The molecule has 0 saturated carbocycles. The maximum Gasteiger partial charge on any atom is 0.414 e. The average Bonchev–Trinajstić information content (AvgIpc) is 3.56. The molecule has 2 aliphatic heterocycles. The summed E-state index contributed by atoms with van der Waals surface area (Å²) in [5, 5.41) is 20.8. The largest absolute Gasteiger partial charge is 0.447 e. The molecule has 2 aromatic heterocycles. The second-order valence-electron chi connectivity index (χ2n) is 7.47. The van der Waals surface area contributed by atoms with E-state index in [-0.39, 0.29) is 25.4 Å². The van der Waals surface area contributed by atoms with Gasteiger partial charge in [-0.25, -0.2) is 9.18 Å². The standard InChI is InChI=1S/C21H19FN6O4/c22-18-7-14(28-15(12-31-21(28)30)10-27-6-5-24-26-27)2-3-17(18)13-1-4-19(23-9-13)20-8-16(11-29)32-25-20/h1-7,9,15-16,29H,8,10-12H2/t15?,16-/m0/s1. The minimum absolute atomic E-state index is 0.118. The van der Waals surface area contributed by atoms with Gasteiger partial charge in [-0.05, 0) is 24.3 Å². The number of cyclic esters (lactones) is 1. The summed E-state index contributed by atoms with van der Waals surface area (Å²) in [6, 6.07) is 7.74. The third kappa shape index (κ3) is 3.78. The van der Waals surface area contributed by atoms with E-state index in [1.54, 1.807) is 47.5 Å². The average molecular weight is 438 g/mol. The molecule has 1 aromatic carbocycles. The lowest BCUT2D eigenvalue weighted by molar-refractivity contribution is 0.0390. The number of aliphatic hydroxyl groups is 1. The Morgan fingerprint density at radius 1 is 1.25 bits per heavy atom. The number of amides is 1. The molecule has 164 valence electrons. The molecule has 5 rings (SSSR count). The molecule has 1 fully saturated rings. The molecule has 3 aromatic rings. The molecular formula is C21H19FN6O4. The van der Waals surface area contributed by atoms with E-state index in [4.69, 9.17) is 14.7 Å². The lowest BCUT2D eigenvalue weighted by Crippen LogP contribution is -2.36. The van der Waals surface area contributed by atoms with Crippen molar-refractivity contribution in [2.45, 2.75) is 25.1 Å². The summed E-state index contributed by atoms with van der Waals surface area (Å²) in [6.07, 6.45) is 4.37. The topological polar surface area (TPSA) is 115 Å². The Bertz CT molecular complexity index is 1150. The van der Waals surface area contributed by atoms with Crippen molar-refractivity contribution in [2.75, 3.05) is 18.1 Å². The van der Waals surface area contributed by atoms with Crippen molar-refractivity contribution in [3.05, 3.63) is 60.4 Å². The highest BCUT2D eigenvalue weighted by atomic mass is 19.1. The number of aromatic nitrogens is 4. The summed E-state index contributed by atoms with van der Waals surface area (Å²) in [4.78, 5) is 23.2. The molecule has 1 unspecified atom stereocenters. The van der Waals surface area contributed by atoms with Gasteiger partial charge in [0, 0.05) is 29.9 Å². The van der Waals surface area contributed by atoms with Crippen molar-refractivity contribution in [3.8, 4) is 11.1 Å². The van der Waals surface area contributed by atoms with Crippen LogP contribution in [-0.2, 0) is 16.1 Å². The first-order chi connectivity index (χ1) is 15.6. The van der Waals surface area contributed by atoms with Gasteiger partial charge in [0.25, 0.3) is 0 Å². The van der Waals surface area contributed by atoms with Gasteiger partial charge >= 0.3 is 6.09 Å². The Morgan fingerprint density at radius 2 is 2.16 bits per heavy atom. The molecule has 1 N–H and O–H groups in total. The maximum absolute atomic E-state index is 15.0. The summed E-state index contributed by atoms with van der Waals surface area (Å²) in [5.74, 6) is -0.488. The molecule has 0 radical (unpaired) electrons. The van der Waals surface area contributed by atoms with E-state index in [1.165, 1.54) is 11.0 Å². The van der Waals surface area contributed by atoms with Crippen molar-refractivity contribution in [1.29, 1.82) is 0 Å². The normalized spacial score (nSPS) is 20.2. The summed E-state index contributed by atoms with van der Waals surface area (Å²) in [7, 11) is 0. The first-order valence-electron chi connectivity index (χ1n) is 10.0. The third-order valence-corrected chi connectivity index (χ3v) is 5.37. The Labute approximate surface area is 181 Å². The van der Waals surface area contributed by atoms with Crippen LogP contribution in [0.1, 0.15) is 12.1 Å². The van der Waals surface area contributed by atoms with Gasteiger partial charge in [-0.15, -0.1) is 5.10 Å². The number of hydrogen-bond acceptors (Lipinski definition) is 8. The maximum atomic E-state index is 15.0. The highest BCUT2D eigenvalue weighted by Gasteiger charge is 2.35. The Morgan fingerprint density at radius 3 is 2.84 bits per heavy atom. The zero-order valence-electron chi connectivity index (χ0n) is 16.8. The van der Waals surface area contributed by atoms with Crippen molar-refractivity contribution >= 4 is 17.5 Å². The lowest BCUT2D eigenvalue weighted by atomic mass is 10.0. The Balaban J connectivity index is 1.35. The molecule has 2 aliphatic rings. The van der Waals surface area contributed by atoms with Crippen LogP contribution in [0.15, 0.2) is 54.1 Å². The fourth-order valence-corrected chi connectivity index (χ4v) is 3.75. The molecule has 10 nitrogen and oxygen atoms in total. The monoisotopic (exact) mass is 438 g/mol. The number of halogens is 1. The van der Waals surface area contributed by atoms with E-state index in [0.29, 0.717) is 41.2 Å². The molecule has 0 aliphatic carbocycles. The summed E-state index contributed by atoms with van der Waals surface area (Å²) < 4.78 is 21.8. The number of nitrogens with zero attached hydrogens (tertiary/aromatic N) is 6. The quantitative estimate of drug-likeness (QED) is 0.626. The van der Waals surface area contributed by atoms with Gasteiger partial charge in [0.05, 0.1) is 36.8 Å². The summed E-state index contributed by atoms with van der Waals surface area (Å²) in [5.41, 5.74) is 2.58. The molecule has 11 heteroatoms. The lowest BCUT2D eigenvalue weighted by Gasteiger charge is -2.21. The molecule has 4 heterocycles. The van der Waals surface area contributed by atoms with Crippen LogP contribution in [0, 0.1) is 5.82 Å². The van der Waals surface area contributed by atoms with Crippen LogP contribution >= 0.6 is 0 Å². The van der Waals surface area contributed by atoms with E-state index in [1.807, 2.05) is 0 Å². The minimum atomic E-state index is -0.533. The van der Waals surface area contributed by atoms with Gasteiger partial charge < -0.3 is 14.7 Å². The fraction of sp³-hybridized carbons (Fsp3) is 0.286. The van der Waals surface area contributed by atoms with E-state index in [2.05, 4.69) is 20.5 Å². The van der Waals surface area contributed by atoms with Crippen LogP contribution in [0.3, 0.4) is 0 Å². The number of hydrogen-bond donors (Lipinski definition) is 1. The van der Waals surface area contributed by atoms with Crippen LogP contribution in [0.25, 0.3) is 11.1 Å². The van der Waals surface area contributed by atoms with E-state index >= 15 is 4.39 Å². The van der Waals surface area contributed by atoms with Crippen LogP contribution in [0.2, 0.25) is 0 Å². The van der Waals surface area contributed by atoms with Gasteiger partial charge in [-0.3, -0.25) is 14.6 Å². The van der Waals surface area contributed by atoms with Crippen molar-refractivity contribution in [3.63, 3.8) is 0 Å². The first-order valence-corrected chi connectivity index (χ1v) is 10.0. The predicted molar refractivity (Wildman–Crippen MR) is 110 cm³/mol. The zero-order valence-corrected chi connectivity index (χ0v) is 16.8. The molecule has 2 atom stereocenters. The molecule has 0 bridgehead atoms. The SMILES string of the molecule is O=C1OCC(Cn2ccnn2)N1c1ccc(-c2ccc(C3=NO[C@H](CO)C3)nc2)c(F)c1. The number of ether oxygens (including phenoxy) is 1. The number of benzene rings is 1. The summed E-state index contributed by atoms with van der Waals surface area (Å²) in [6.45, 7) is 0.441. The smallest absolute Gasteiger partial charge is 0.414 e. The molecule has 1 amide bonds. The highest BCUT2D eigenvalue weighted by molar-refractivity contribution is 5.99. The van der Waals surface area contributed by atoms with E-state index in [9.17, 15) is 4.79 Å². The number of aliphatic hydroxyl groups excluding tert-OH is 1. The molecule has 1 saturated heterocycles. The van der Waals surface area contributed by atoms with Gasteiger partial charge in [0.15, 0.2) is 6.10 Å². The number of pyridine rings is 1. The van der Waals surface area contributed by atoms with Crippen molar-refractivity contribution in [1.82, 2.24) is 20.0 Å². The van der Waals surface area contributed by atoms with Gasteiger partial charge in [0.1, 0.15) is 18.1 Å². The Kier molecular flexibility index (Phi) is 5.23. The van der Waals surface area contributed by atoms with Crippen LogP contribution < -0.4 is 4.90 Å². The zero-order chi connectivity index (χ0) is 22.1. The molecule has 32 heavy (non-hydrogen) atoms. The van der Waals surface area contributed by atoms with Gasteiger partial charge in [-0.1, -0.05) is 16.4 Å². The Hall–Kier alpha value is -3.86. The summed E-state index contributed by atoms with van der Waals surface area (Å²) >= 11 is 0. The van der Waals surface area contributed by atoms with Crippen molar-refractivity contribution < 1.29 is 23.9 Å². The second-order valence-corrected chi connectivity index (χ2v) is 7.47. The van der Waals surface area contributed by atoms with Crippen LogP contribution in [-0.4, -0.2) is 62.2 Å². The molecule has 0 spiro atoms. The van der Waals surface area contributed by atoms with Gasteiger partial charge in [0.2, 0.25) is 0 Å².